The first-order valence-electron chi connectivity index (χ1n) is 9.07. The van der Waals surface area contributed by atoms with Crippen LogP contribution in [0.4, 0.5) is 5.69 Å². The molecule has 132 valence electrons. The Labute approximate surface area is 148 Å². The summed E-state index contributed by atoms with van der Waals surface area (Å²) in [6.07, 6.45) is 11.7. The number of imidazole rings is 1. The first-order chi connectivity index (χ1) is 12.2. The van der Waals surface area contributed by atoms with Gasteiger partial charge in [0, 0.05) is 39.4 Å². The molecule has 4 rings (SSSR count). The van der Waals surface area contributed by atoms with E-state index in [1.807, 2.05) is 35.0 Å². The topological polar surface area (TPSA) is 54.3 Å². The van der Waals surface area contributed by atoms with Crippen molar-refractivity contribution in [2.75, 3.05) is 31.1 Å². The van der Waals surface area contributed by atoms with Gasteiger partial charge in [-0.2, -0.15) is 0 Å². The lowest BCUT2D eigenvalue weighted by Gasteiger charge is -2.48. The van der Waals surface area contributed by atoms with Crippen molar-refractivity contribution in [3.05, 3.63) is 42.7 Å². The molecule has 2 fully saturated rings. The average molecular weight is 339 g/mol. The van der Waals surface area contributed by atoms with Crippen molar-refractivity contribution in [2.45, 2.75) is 25.7 Å². The minimum Gasteiger partial charge on any atom is -0.370 e. The number of anilines is 1. The molecule has 2 aliphatic rings. The summed E-state index contributed by atoms with van der Waals surface area (Å²) >= 11 is 0. The van der Waals surface area contributed by atoms with Gasteiger partial charge >= 0.3 is 0 Å². The number of hydrogen-bond donors (Lipinski definition) is 0. The summed E-state index contributed by atoms with van der Waals surface area (Å²) in [5.74, 6) is 0.119. The highest BCUT2D eigenvalue weighted by atomic mass is 16.2. The van der Waals surface area contributed by atoms with Gasteiger partial charge in [-0.15, -0.1) is 0 Å². The molecule has 2 aliphatic heterocycles. The van der Waals surface area contributed by atoms with E-state index in [9.17, 15) is 4.79 Å². The molecule has 1 amide bonds. The molecular formula is C19H25N5O. The van der Waals surface area contributed by atoms with Gasteiger partial charge in [0.05, 0.1) is 24.4 Å². The van der Waals surface area contributed by atoms with Gasteiger partial charge in [0.1, 0.15) is 5.69 Å². The van der Waals surface area contributed by atoms with Crippen molar-refractivity contribution in [2.24, 2.45) is 12.5 Å². The highest BCUT2D eigenvalue weighted by Gasteiger charge is 2.40. The zero-order valence-electron chi connectivity index (χ0n) is 14.8. The summed E-state index contributed by atoms with van der Waals surface area (Å²) < 4.78 is 1.81. The second-order valence-corrected chi connectivity index (χ2v) is 7.42. The molecule has 0 aromatic carbocycles. The number of nitrogens with zero attached hydrogens (tertiary/aromatic N) is 5. The van der Waals surface area contributed by atoms with Crippen molar-refractivity contribution in [1.82, 2.24) is 19.4 Å². The van der Waals surface area contributed by atoms with Gasteiger partial charge < -0.3 is 14.4 Å². The van der Waals surface area contributed by atoms with Crippen LogP contribution in [0.1, 0.15) is 36.2 Å². The zero-order valence-corrected chi connectivity index (χ0v) is 14.8. The number of aryl methyl sites for hydroxylation is 1. The number of amides is 1. The standard InChI is InChI=1S/C19H25N5O/c1-22-15-21-13-17(22)18(25)24-9-3-5-19(14-24)6-10-23(11-7-19)16-4-2-8-20-12-16/h2,4,8,12-13,15H,3,5-7,9-11,14H2,1H3. The van der Waals surface area contributed by atoms with Crippen molar-refractivity contribution in [3.8, 4) is 0 Å². The maximum Gasteiger partial charge on any atom is 0.272 e. The van der Waals surface area contributed by atoms with E-state index in [1.165, 1.54) is 12.1 Å². The fourth-order valence-corrected chi connectivity index (χ4v) is 4.29. The van der Waals surface area contributed by atoms with Crippen LogP contribution in [0.3, 0.4) is 0 Å². The van der Waals surface area contributed by atoms with Crippen LogP contribution in [0.5, 0.6) is 0 Å². The van der Waals surface area contributed by atoms with Crippen molar-refractivity contribution in [3.63, 3.8) is 0 Å². The summed E-state index contributed by atoms with van der Waals surface area (Å²) in [5, 5.41) is 0. The highest BCUT2D eigenvalue weighted by molar-refractivity contribution is 5.92. The van der Waals surface area contributed by atoms with Gasteiger partial charge in [0.2, 0.25) is 0 Å². The van der Waals surface area contributed by atoms with Crippen molar-refractivity contribution < 1.29 is 4.79 Å². The number of aromatic nitrogens is 3. The van der Waals surface area contributed by atoms with E-state index >= 15 is 0 Å². The van der Waals surface area contributed by atoms with E-state index in [2.05, 4.69) is 20.9 Å². The first-order valence-corrected chi connectivity index (χ1v) is 9.07. The predicted molar refractivity (Wildman–Crippen MR) is 96.5 cm³/mol. The summed E-state index contributed by atoms with van der Waals surface area (Å²) in [7, 11) is 1.88. The smallest absolute Gasteiger partial charge is 0.272 e. The first kappa shape index (κ1) is 16.1. The number of likely N-dealkylation sites (tertiary alicyclic amines) is 1. The molecule has 1 spiro atoms. The molecular weight excluding hydrogens is 314 g/mol. The Kier molecular flexibility index (Phi) is 4.19. The lowest BCUT2D eigenvalue weighted by molar-refractivity contribution is 0.0426. The molecule has 0 aliphatic carbocycles. The van der Waals surface area contributed by atoms with Gasteiger partial charge in [0.15, 0.2) is 0 Å². The quantitative estimate of drug-likeness (QED) is 0.843. The van der Waals surface area contributed by atoms with E-state index in [1.54, 1.807) is 12.5 Å². The maximum atomic E-state index is 12.8. The predicted octanol–water partition coefficient (Wildman–Crippen LogP) is 2.34. The van der Waals surface area contributed by atoms with Gasteiger partial charge in [-0.05, 0) is 43.2 Å². The Hall–Kier alpha value is -2.37. The average Bonchev–Trinajstić information content (AvgIpc) is 3.08. The Morgan fingerprint density at radius 3 is 2.64 bits per heavy atom. The van der Waals surface area contributed by atoms with E-state index in [-0.39, 0.29) is 11.3 Å². The minimum absolute atomic E-state index is 0.119. The number of rotatable bonds is 2. The van der Waals surface area contributed by atoms with Crippen LogP contribution in [0.25, 0.3) is 0 Å². The van der Waals surface area contributed by atoms with E-state index in [4.69, 9.17) is 0 Å². The van der Waals surface area contributed by atoms with Gasteiger partial charge in [0.25, 0.3) is 5.91 Å². The lowest BCUT2D eigenvalue weighted by Crippen LogP contribution is -2.51. The summed E-state index contributed by atoms with van der Waals surface area (Å²) in [6, 6.07) is 4.12. The largest absolute Gasteiger partial charge is 0.370 e. The van der Waals surface area contributed by atoms with Crippen LogP contribution in [0.15, 0.2) is 37.1 Å². The number of carbonyl (C=O) groups excluding carboxylic acids is 1. The van der Waals surface area contributed by atoms with Crippen molar-refractivity contribution in [1.29, 1.82) is 0 Å². The lowest BCUT2D eigenvalue weighted by atomic mass is 9.72. The summed E-state index contributed by atoms with van der Waals surface area (Å²) in [4.78, 5) is 25.6. The third kappa shape index (κ3) is 3.13. The third-order valence-electron chi connectivity index (χ3n) is 5.82. The number of piperidine rings is 2. The van der Waals surface area contributed by atoms with Crippen LogP contribution in [-0.2, 0) is 7.05 Å². The summed E-state index contributed by atoms with van der Waals surface area (Å²) in [5.41, 5.74) is 2.16. The molecule has 2 saturated heterocycles. The van der Waals surface area contributed by atoms with Gasteiger partial charge in [-0.25, -0.2) is 4.98 Å². The monoisotopic (exact) mass is 339 g/mol. The second-order valence-electron chi connectivity index (χ2n) is 7.42. The number of carbonyl (C=O) groups is 1. The van der Waals surface area contributed by atoms with Crippen LogP contribution in [-0.4, -0.2) is 51.5 Å². The minimum atomic E-state index is 0.119. The van der Waals surface area contributed by atoms with E-state index in [0.717, 1.165) is 45.4 Å². The molecule has 0 atom stereocenters. The molecule has 0 N–H and O–H groups in total. The van der Waals surface area contributed by atoms with Crippen LogP contribution in [0.2, 0.25) is 0 Å². The van der Waals surface area contributed by atoms with Gasteiger partial charge in [-0.1, -0.05) is 0 Å². The SMILES string of the molecule is Cn1cncc1C(=O)N1CCCC2(CCN(c3cccnc3)CC2)C1. The maximum absolute atomic E-state index is 12.8. The number of hydrogen-bond acceptors (Lipinski definition) is 4. The third-order valence-corrected chi connectivity index (χ3v) is 5.82. The van der Waals surface area contributed by atoms with E-state index in [0.29, 0.717) is 5.69 Å². The molecule has 4 heterocycles. The molecule has 25 heavy (non-hydrogen) atoms. The van der Waals surface area contributed by atoms with Crippen molar-refractivity contribution >= 4 is 11.6 Å². The molecule has 6 heteroatoms. The van der Waals surface area contributed by atoms with Gasteiger partial charge in [-0.3, -0.25) is 9.78 Å². The summed E-state index contributed by atoms with van der Waals surface area (Å²) in [6.45, 7) is 3.81. The van der Waals surface area contributed by atoms with Crippen LogP contribution >= 0.6 is 0 Å². The Bertz CT molecular complexity index is 733. The molecule has 2 aromatic heterocycles. The zero-order chi connectivity index (χ0) is 17.3. The number of pyridine rings is 1. The van der Waals surface area contributed by atoms with Crippen LogP contribution in [0, 0.1) is 5.41 Å². The second kappa shape index (κ2) is 6.50. The molecule has 0 saturated carbocycles. The fourth-order valence-electron chi connectivity index (χ4n) is 4.29. The Morgan fingerprint density at radius 1 is 1.12 bits per heavy atom. The Balaban J connectivity index is 1.43. The normalized spacial score (nSPS) is 20.0. The molecule has 0 bridgehead atoms. The highest BCUT2D eigenvalue weighted by Crippen LogP contribution is 2.41. The molecule has 0 radical (unpaired) electrons. The van der Waals surface area contributed by atoms with Crippen LogP contribution < -0.4 is 4.90 Å². The molecule has 0 unspecified atom stereocenters. The Morgan fingerprint density at radius 2 is 1.96 bits per heavy atom. The molecule has 2 aromatic rings. The fraction of sp³-hybridized carbons (Fsp3) is 0.526. The molecule has 6 nitrogen and oxygen atoms in total. The van der Waals surface area contributed by atoms with E-state index < -0.39 is 0 Å².